The second kappa shape index (κ2) is 5.66. The molecule has 0 N–H and O–H groups in total. The van der Waals surface area contributed by atoms with Crippen molar-refractivity contribution in [2.45, 2.75) is 32.1 Å². The third kappa shape index (κ3) is 3.02. The average Bonchev–Trinajstić information content (AvgIpc) is 2.38. The van der Waals surface area contributed by atoms with Crippen LogP contribution < -0.4 is 0 Å². The fourth-order valence-corrected chi connectivity index (χ4v) is 4.68. The molecule has 0 saturated heterocycles. The lowest BCUT2D eigenvalue weighted by atomic mass is 9.60. The lowest BCUT2D eigenvalue weighted by Gasteiger charge is -2.45. The molecule has 1 aromatic rings. The van der Waals surface area contributed by atoms with Gasteiger partial charge in [-0.15, -0.1) is 5.73 Å². The minimum Gasteiger partial charge on any atom is -0.218 e. The number of sulfone groups is 1. The Balaban J connectivity index is 2.30. The Bertz CT molecular complexity index is 663. The zero-order chi connectivity index (χ0) is 15.0. The molecule has 1 aliphatic rings. The highest BCUT2D eigenvalue weighted by atomic mass is 127. The van der Waals surface area contributed by atoms with Crippen LogP contribution in [0.3, 0.4) is 0 Å². The molecular formula is C16H19IO2S. The van der Waals surface area contributed by atoms with E-state index in [1.165, 1.54) is 5.41 Å². The highest BCUT2D eigenvalue weighted by molar-refractivity contribution is 14.1. The summed E-state index contributed by atoms with van der Waals surface area (Å²) in [6, 6.07) is 6.92. The van der Waals surface area contributed by atoms with Gasteiger partial charge in [0.1, 0.15) is 0 Å². The second-order valence-corrected chi connectivity index (χ2v) is 8.55. The van der Waals surface area contributed by atoms with Crippen LogP contribution in [-0.2, 0) is 9.84 Å². The van der Waals surface area contributed by atoms with Gasteiger partial charge in [-0.3, -0.25) is 0 Å². The van der Waals surface area contributed by atoms with E-state index in [1.54, 1.807) is 12.1 Å². The molecule has 1 atom stereocenters. The molecule has 0 heterocycles. The Morgan fingerprint density at radius 1 is 1.35 bits per heavy atom. The molecule has 0 aromatic heterocycles. The van der Waals surface area contributed by atoms with Crippen LogP contribution in [0.2, 0.25) is 0 Å². The maximum atomic E-state index is 12.2. The van der Waals surface area contributed by atoms with Gasteiger partial charge < -0.3 is 0 Å². The summed E-state index contributed by atoms with van der Waals surface area (Å²) in [6.07, 6.45) is 0.954. The summed E-state index contributed by atoms with van der Waals surface area (Å²) in [5, 5.41) is 1.23. The van der Waals surface area contributed by atoms with Crippen LogP contribution in [0, 0.1) is 18.3 Å². The smallest absolute Gasteiger partial charge is 0.207 e. The summed E-state index contributed by atoms with van der Waals surface area (Å²) in [5.74, 6) is 0.626. The van der Waals surface area contributed by atoms with E-state index < -0.39 is 9.84 Å². The first-order valence-corrected chi connectivity index (χ1v) is 9.68. The molecule has 20 heavy (non-hydrogen) atoms. The monoisotopic (exact) mass is 402 g/mol. The van der Waals surface area contributed by atoms with Crippen LogP contribution in [0.5, 0.6) is 0 Å². The Morgan fingerprint density at radius 3 is 2.45 bits per heavy atom. The molecule has 1 unspecified atom stereocenters. The van der Waals surface area contributed by atoms with Crippen LogP contribution >= 0.6 is 22.6 Å². The molecule has 108 valence electrons. The zero-order valence-electron chi connectivity index (χ0n) is 12.0. The lowest BCUT2D eigenvalue weighted by Crippen LogP contribution is -2.38. The van der Waals surface area contributed by atoms with Crippen LogP contribution in [0.15, 0.2) is 45.9 Å². The fourth-order valence-electron chi connectivity index (χ4n) is 2.32. The first kappa shape index (κ1) is 15.8. The Kier molecular flexibility index (Phi) is 4.47. The van der Waals surface area contributed by atoms with E-state index in [0.29, 0.717) is 10.8 Å². The van der Waals surface area contributed by atoms with Crippen molar-refractivity contribution < 1.29 is 8.42 Å². The molecule has 2 nitrogen and oxygen atoms in total. The average molecular weight is 402 g/mol. The van der Waals surface area contributed by atoms with Crippen LogP contribution in [0.4, 0.5) is 0 Å². The van der Waals surface area contributed by atoms with E-state index in [4.69, 9.17) is 0 Å². The number of allylic oxidation sites excluding steroid dienone is 1. The largest absolute Gasteiger partial charge is 0.218 e. The maximum Gasteiger partial charge on any atom is 0.207 e. The topological polar surface area (TPSA) is 34.1 Å². The number of hydrogen-bond donors (Lipinski definition) is 0. The molecule has 0 radical (unpaired) electrons. The van der Waals surface area contributed by atoms with Crippen molar-refractivity contribution in [2.75, 3.05) is 4.43 Å². The third-order valence-corrected chi connectivity index (χ3v) is 6.59. The molecule has 1 aliphatic carbocycles. The Morgan fingerprint density at radius 2 is 1.95 bits per heavy atom. The van der Waals surface area contributed by atoms with Crippen LogP contribution in [-0.4, -0.2) is 12.8 Å². The minimum absolute atomic E-state index is 0.0699. The summed E-state index contributed by atoms with van der Waals surface area (Å²) in [6.45, 7) is 6.26. The molecule has 0 aliphatic heterocycles. The number of alkyl halides is 1. The summed E-state index contributed by atoms with van der Waals surface area (Å²) >= 11 is 2.39. The van der Waals surface area contributed by atoms with E-state index in [9.17, 15) is 8.42 Å². The van der Waals surface area contributed by atoms with E-state index in [2.05, 4.69) is 42.2 Å². The quantitative estimate of drug-likeness (QED) is 0.430. The van der Waals surface area contributed by atoms with Gasteiger partial charge in [-0.1, -0.05) is 54.1 Å². The number of halogens is 1. The van der Waals surface area contributed by atoms with Crippen molar-refractivity contribution in [3.05, 3.63) is 46.5 Å². The van der Waals surface area contributed by atoms with Gasteiger partial charge in [0, 0.05) is 4.43 Å². The number of rotatable bonds is 3. The molecule has 1 aromatic carbocycles. The summed E-state index contributed by atoms with van der Waals surface area (Å²) in [7, 11) is -3.38. The molecular weight excluding hydrogens is 383 g/mol. The fraction of sp³-hybridized carbons (Fsp3) is 0.438. The van der Waals surface area contributed by atoms with Crippen molar-refractivity contribution >= 4 is 32.4 Å². The Labute approximate surface area is 135 Å². The van der Waals surface area contributed by atoms with Crippen LogP contribution in [0.25, 0.3) is 0 Å². The summed E-state index contributed by atoms with van der Waals surface area (Å²) in [5.41, 5.74) is 5.26. The van der Waals surface area contributed by atoms with Gasteiger partial charge in [-0.05, 0) is 42.4 Å². The van der Waals surface area contributed by atoms with Crippen molar-refractivity contribution in [3.63, 3.8) is 0 Å². The van der Waals surface area contributed by atoms with E-state index in [-0.39, 0.29) is 5.41 Å². The molecule has 1 fully saturated rings. The SMILES string of the molecule is Cc1ccc(S(=O)(=O)C=C=C2CC(CI)C2(C)C)cc1. The second-order valence-electron chi connectivity index (χ2n) is 5.88. The van der Waals surface area contributed by atoms with Gasteiger partial charge in [0.25, 0.3) is 0 Å². The van der Waals surface area contributed by atoms with E-state index in [1.807, 2.05) is 19.1 Å². The molecule has 0 bridgehead atoms. The third-order valence-electron chi connectivity index (χ3n) is 4.17. The van der Waals surface area contributed by atoms with Gasteiger partial charge >= 0.3 is 0 Å². The zero-order valence-corrected chi connectivity index (χ0v) is 15.0. The van der Waals surface area contributed by atoms with E-state index in [0.717, 1.165) is 22.0 Å². The first-order chi connectivity index (χ1) is 9.27. The van der Waals surface area contributed by atoms with Crippen LogP contribution in [0.1, 0.15) is 25.8 Å². The van der Waals surface area contributed by atoms with Gasteiger partial charge in [-0.2, -0.15) is 0 Å². The molecule has 0 amide bonds. The number of hydrogen-bond acceptors (Lipinski definition) is 2. The van der Waals surface area contributed by atoms with Gasteiger partial charge in [-0.25, -0.2) is 8.42 Å². The maximum absolute atomic E-state index is 12.2. The van der Waals surface area contributed by atoms with Crippen molar-refractivity contribution in [3.8, 4) is 0 Å². The first-order valence-electron chi connectivity index (χ1n) is 6.61. The van der Waals surface area contributed by atoms with Gasteiger partial charge in [0.15, 0.2) is 0 Å². The molecule has 2 rings (SSSR count). The number of benzene rings is 1. The summed E-state index contributed by atoms with van der Waals surface area (Å²) < 4.78 is 25.5. The lowest BCUT2D eigenvalue weighted by molar-refractivity contribution is 0.196. The normalized spacial score (nSPS) is 21.0. The predicted octanol–water partition coefficient (Wildman–Crippen LogP) is 4.29. The van der Waals surface area contributed by atoms with Crippen molar-refractivity contribution in [2.24, 2.45) is 11.3 Å². The standard InChI is InChI=1S/C16H19IO2S/c1-12-4-6-15(7-5-12)20(18,19)9-8-13-10-14(11-17)16(13,2)3/h4-7,9,14H,10-11H2,1-3H3. The highest BCUT2D eigenvalue weighted by Crippen LogP contribution is 2.51. The number of aryl methyl sites for hydroxylation is 1. The van der Waals surface area contributed by atoms with E-state index >= 15 is 0 Å². The predicted molar refractivity (Wildman–Crippen MR) is 90.7 cm³/mol. The van der Waals surface area contributed by atoms with Crippen molar-refractivity contribution in [1.29, 1.82) is 0 Å². The van der Waals surface area contributed by atoms with Gasteiger partial charge in [0.2, 0.25) is 9.84 Å². The molecule has 0 spiro atoms. The minimum atomic E-state index is -3.38. The van der Waals surface area contributed by atoms with Gasteiger partial charge in [0.05, 0.1) is 10.3 Å². The highest BCUT2D eigenvalue weighted by Gasteiger charge is 2.42. The Hall–Kier alpha value is -0.580. The van der Waals surface area contributed by atoms with Crippen molar-refractivity contribution in [1.82, 2.24) is 0 Å². The molecule has 4 heteroatoms. The summed E-state index contributed by atoms with van der Waals surface area (Å²) in [4.78, 5) is 0.332. The molecule has 1 saturated carbocycles.